The number of Topliss-reactive ketones (excluding diaryl/α,β-unsaturated/α-hetero) is 1. The summed E-state index contributed by atoms with van der Waals surface area (Å²) in [7, 11) is 0. The van der Waals surface area contributed by atoms with E-state index >= 15 is 0 Å². The first-order valence-electron chi connectivity index (χ1n) is 12.0. The Labute approximate surface area is 195 Å². The third kappa shape index (κ3) is 3.73. The van der Waals surface area contributed by atoms with Gasteiger partial charge in [-0.3, -0.25) is 9.59 Å². The first-order chi connectivity index (χ1) is 15.8. The van der Waals surface area contributed by atoms with Crippen LogP contribution in [0.5, 0.6) is 5.75 Å². The van der Waals surface area contributed by atoms with Gasteiger partial charge in [-0.05, 0) is 60.6 Å². The summed E-state index contributed by atoms with van der Waals surface area (Å²) in [4.78, 5) is 28.3. The number of benzene rings is 2. The second kappa shape index (κ2) is 8.36. The van der Waals surface area contributed by atoms with Crippen molar-refractivity contribution in [2.75, 3.05) is 0 Å². The molecule has 1 N–H and O–H groups in total. The molecule has 2 unspecified atom stereocenters. The number of hydrogen-bond acceptors (Lipinski definition) is 4. The zero-order valence-corrected chi connectivity index (χ0v) is 19.5. The maximum Gasteiger partial charge on any atom is 0.295 e. The van der Waals surface area contributed by atoms with Gasteiger partial charge in [-0.25, -0.2) is 0 Å². The fraction of sp³-hybridized carbons (Fsp3) is 0.429. The predicted molar refractivity (Wildman–Crippen MR) is 127 cm³/mol. The second-order valence-corrected chi connectivity index (χ2v) is 9.92. The van der Waals surface area contributed by atoms with E-state index in [-0.39, 0.29) is 23.5 Å². The van der Waals surface area contributed by atoms with E-state index in [0.717, 1.165) is 49.0 Å². The maximum atomic E-state index is 13.3. The molecule has 1 aliphatic carbocycles. The first kappa shape index (κ1) is 21.7. The quantitative estimate of drug-likeness (QED) is 0.383. The van der Waals surface area contributed by atoms with Crippen LogP contribution in [-0.4, -0.2) is 33.8 Å². The second-order valence-electron chi connectivity index (χ2n) is 9.92. The number of nitrogens with zero attached hydrogens (tertiary/aromatic N) is 1. The lowest BCUT2D eigenvalue weighted by molar-refractivity contribution is -0.141. The molecule has 0 radical (unpaired) electrons. The van der Waals surface area contributed by atoms with Crippen molar-refractivity contribution in [2.24, 2.45) is 0 Å². The molecule has 1 amide bonds. The molecule has 0 aromatic heterocycles. The fourth-order valence-corrected chi connectivity index (χ4v) is 5.52. The zero-order chi connectivity index (χ0) is 23.3. The third-order valence-electron chi connectivity index (χ3n) is 7.29. The Morgan fingerprint density at radius 3 is 2.42 bits per heavy atom. The van der Waals surface area contributed by atoms with E-state index < -0.39 is 17.7 Å². The van der Waals surface area contributed by atoms with Gasteiger partial charge in [-0.1, -0.05) is 51.0 Å². The Morgan fingerprint density at radius 2 is 1.76 bits per heavy atom. The van der Waals surface area contributed by atoms with E-state index in [1.807, 2.05) is 31.2 Å². The molecule has 3 aliphatic rings. The van der Waals surface area contributed by atoms with Crippen LogP contribution in [0, 0.1) is 0 Å². The minimum absolute atomic E-state index is 0.0239. The van der Waals surface area contributed by atoms with Gasteiger partial charge in [0, 0.05) is 18.0 Å². The van der Waals surface area contributed by atoms with Gasteiger partial charge in [0.25, 0.3) is 11.7 Å². The Kier molecular flexibility index (Phi) is 5.51. The van der Waals surface area contributed by atoms with Gasteiger partial charge < -0.3 is 14.7 Å². The largest absolute Gasteiger partial charge is 0.507 e. The number of carbonyl (C=O) groups excluding carboxylic acids is 2. The summed E-state index contributed by atoms with van der Waals surface area (Å²) in [5.74, 6) is -0.00126. The summed E-state index contributed by atoms with van der Waals surface area (Å²) in [6, 6.07) is 13.1. The van der Waals surface area contributed by atoms with Crippen molar-refractivity contribution in [1.29, 1.82) is 0 Å². The zero-order valence-electron chi connectivity index (χ0n) is 19.5. The summed E-state index contributed by atoms with van der Waals surface area (Å²) in [5, 5.41) is 11.4. The number of aliphatic hydroxyl groups excluding tert-OH is 1. The smallest absolute Gasteiger partial charge is 0.295 e. The molecule has 172 valence electrons. The summed E-state index contributed by atoms with van der Waals surface area (Å²) in [6.07, 6.45) is 4.73. The van der Waals surface area contributed by atoms with Gasteiger partial charge in [-0.2, -0.15) is 0 Å². The molecule has 5 heteroatoms. The maximum absolute atomic E-state index is 13.3. The van der Waals surface area contributed by atoms with Gasteiger partial charge in [-0.15, -0.1) is 0 Å². The number of likely N-dealkylation sites (tertiary alicyclic amines) is 1. The Hall–Kier alpha value is -3.08. The van der Waals surface area contributed by atoms with Crippen molar-refractivity contribution in [3.8, 4) is 5.75 Å². The number of fused-ring (bicyclic) bond motifs is 1. The number of amides is 1. The van der Waals surface area contributed by atoms with Crippen molar-refractivity contribution in [2.45, 2.75) is 77.0 Å². The van der Waals surface area contributed by atoms with Crippen LogP contribution in [0.25, 0.3) is 5.76 Å². The molecule has 2 fully saturated rings. The number of aliphatic hydroxyl groups is 1. The monoisotopic (exact) mass is 445 g/mol. The molecule has 2 atom stereocenters. The average Bonchev–Trinajstić information content (AvgIpc) is 3.51. The molecule has 0 bridgehead atoms. The first-order valence-corrected chi connectivity index (χ1v) is 12.0. The van der Waals surface area contributed by atoms with E-state index in [1.165, 1.54) is 5.56 Å². The summed E-state index contributed by atoms with van der Waals surface area (Å²) >= 11 is 0. The number of carbonyl (C=O) groups is 2. The van der Waals surface area contributed by atoms with Crippen molar-refractivity contribution in [3.63, 3.8) is 0 Å². The highest BCUT2D eigenvalue weighted by Gasteiger charge is 2.49. The minimum Gasteiger partial charge on any atom is -0.507 e. The molecule has 2 aliphatic heterocycles. The standard InChI is InChI=1S/C28H31NO4/c1-16(2)18-8-10-19(11-9-18)25-24(27(31)28(32)29(25)22-6-4-5-7-22)26(30)20-12-13-23-21(15-20)14-17(3)33-23/h8-13,15-17,22,25,30H,4-7,14H2,1-3H3/b26-24-. The number of hydrogen-bond donors (Lipinski definition) is 1. The average molecular weight is 446 g/mol. The molecule has 1 saturated heterocycles. The topological polar surface area (TPSA) is 66.8 Å². The highest BCUT2D eigenvalue weighted by Crippen LogP contribution is 2.44. The third-order valence-corrected chi connectivity index (χ3v) is 7.29. The lowest BCUT2D eigenvalue weighted by atomic mass is 9.92. The predicted octanol–water partition coefficient (Wildman–Crippen LogP) is 5.50. The van der Waals surface area contributed by atoms with Crippen LogP contribution in [0.3, 0.4) is 0 Å². The van der Waals surface area contributed by atoms with Crippen molar-refractivity contribution < 1.29 is 19.4 Å². The van der Waals surface area contributed by atoms with E-state index in [1.54, 1.807) is 11.0 Å². The summed E-state index contributed by atoms with van der Waals surface area (Å²) in [5.41, 5.74) is 3.82. The molecular formula is C28H31NO4. The fourth-order valence-electron chi connectivity index (χ4n) is 5.52. The number of ketones is 1. The molecule has 0 spiro atoms. The van der Waals surface area contributed by atoms with Gasteiger partial charge >= 0.3 is 0 Å². The van der Waals surface area contributed by atoms with E-state index in [0.29, 0.717) is 11.5 Å². The van der Waals surface area contributed by atoms with Crippen molar-refractivity contribution >= 4 is 17.4 Å². The molecule has 1 saturated carbocycles. The molecule has 33 heavy (non-hydrogen) atoms. The highest BCUT2D eigenvalue weighted by atomic mass is 16.5. The van der Waals surface area contributed by atoms with E-state index in [9.17, 15) is 14.7 Å². The summed E-state index contributed by atoms with van der Waals surface area (Å²) in [6.45, 7) is 6.28. The molecule has 2 heterocycles. The number of rotatable bonds is 4. The van der Waals surface area contributed by atoms with Crippen LogP contribution in [0.1, 0.15) is 80.7 Å². The van der Waals surface area contributed by atoms with Crippen molar-refractivity contribution in [1.82, 2.24) is 4.90 Å². The molecule has 2 aromatic rings. The Morgan fingerprint density at radius 1 is 1.06 bits per heavy atom. The highest BCUT2D eigenvalue weighted by molar-refractivity contribution is 6.46. The molecular weight excluding hydrogens is 414 g/mol. The molecule has 5 nitrogen and oxygen atoms in total. The molecule has 5 rings (SSSR count). The van der Waals surface area contributed by atoms with Crippen LogP contribution in [0.4, 0.5) is 0 Å². The van der Waals surface area contributed by atoms with Gasteiger partial charge in [0.1, 0.15) is 17.6 Å². The normalized spacial score (nSPS) is 24.5. The number of ether oxygens (including phenoxy) is 1. The SMILES string of the molecule is CC1Cc2cc(/C(O)=C3/C(=O)C(=O)N(C4CCCC4)C3c3ccc(C(C)C)cc3)ccc2O1. The Bertz CT molecular complexity index is 1130. The van der Waals surface area contributed by atoms with Gasteiger partial charge in [0.05, 0.1) is 11.6 Å². The lowest BCUT2D eigenvalue weighted by Gasteiger charge is -2.31. The summed E-state index contributed by atoms with van der Waals surface area (Å²) < 4.78 is 5.78. The van der Waals surface area contributed by atoms with Crippen LogP contribution < -0.4 is 4.74 Å². The van der Waals surface area contributed by atoms with Gasteiger partial charge in [0.15, 0.2) is 0 Å². The Balaban J connectivity index is 1.62. The van der Waals surface area contributed by atoms with E-state index in [4.69, 9.17) is 4.74 Å². The van der Waals surface area contributed by atoms with Crippen LogP contribution in [0.2, 0.25) is 0 Å². The van der Waals surface area contributed by atoms with Crippen LogP contribution in [-0.2, 0) is 16.0 Å². The van der Waals surface area contributed by atoms with Crippen LogP contribution >= 0.6 is 0 Å². The van der Waals surface area contributed by atoms with E-state index in [2.05, 4.69) is 26.0 Å². The minimum atomic E-state index is -0.595. The van der Waals surface area contributed by atoms with Crippen LogP contribution in [0.15, 0.2) is 48.0 Å². The van der Waals surface area contributed by atoms with Gasteiger partial charge in [0.2, 0.25) is 0 Å². The lowest BCUT2D eigenvalue weighted by Crippen LogP contribution is -2.37. The molecule has 2 aromatic carbocycles. The van der Waals surface area contributed by atoms with Crippen molar-refractivity contribution in [3.05, 3.63) is 70.3 Å².